The summed E-state index contributed by atoms with van der Waals surface area (Å²) in [5.74, 6) is 0. The Morgan fingerprint density at radius 1 is 0.750 bits per heavy atom. The molecule has 1 aliphatic rings. The molecule has 0 aliphatic heterocycles. The Kier molecular flexibility index (Phi) is 3.76. The number of para-hydroxylation sites is 1. The molecule has 2 aromatic heterocycles. The minimum absolute atomic E-state index is 1.01. The normalized spacial score (nSPS) is 13.7. The first kappa shape index (κ1) is 18.0. The lowest BCUT2D eigenvalue weighted by Gasteiger charge is -2.10. The van der Waals surface area contributed by atoms with E-state index in [-0.39, 0.29) is 0 Å². The van der Waals surface area contributed by atoms with Gasteiger partial charge in [-0.1, -0.05) is 84.5 Å². The van der Waals surface area contributed by atoms with Crippen molar-refractivity contribution in [1.29, 1.82) is 0 Å². The average molecular weight is 428 g/mol. The van der Waals surface area contributed by atoms with Gasteiger partial charge in [0.15, 0.2) is 0 Å². The van der Waals surface area contributed by atoms with Crippen molar-refractivity contribution in [3.63, 3.8) is 0 Å². The van der Waals surface area contributed by atoms with Crippen molar-refractivity contribution in [2.24, 2.45) is 0 Å². The van der Waals surface area contributed by atoms with Crippen LogP contribution in [0.5, 0.6) is 0 Å². The van der Waals surface area contributed by atoms with Crippen molar-refractivity contribution in [3.8, 4) is 5.69 Å². The van der Waals surface area contributed by atoms with Crippen molar-refractivity contribution >= 4 is 66.2 Å². The Labute approximate surface area is 189 Å². The third kappa shape index (κ3) is 2.50. The maximum atomic E-state index is 2.45. The molecule has 0 saturated carbocycles. The Balaban J connectivity index is 1.62. The molecule has 0 saturated heterocycles. The van der Waals surface area contributed by atoms with Gasteiger partial charge in [0, 0.05) is 41.7 Å². The molecule has 1 aliphatic carbocycles. The van der Waals surface area contributed by atoms with E-state index in [0.29, 0.717) is 0 Å². The zero-order chi connectivity index (χ0) is 21.2. The molecule has 0 fully saturated rings. The minimum atomic E-state index is 1.01. The molecule has 0 atom stereocenters. The van der Waals surface area contributed by atoms with Crippen LogP contribution < -0.4 is 9.75 Å². The Bertz CT molecular complexity index is 1860. The van der Waals surface area contributed by atoms with Crippen LogP contribution in [0.2, 0.25) is 0 Å². The molecule has 7 rings (SSSR count). The Morgan fingerprint density at radius 3 is 2.50 bits per heavy atom. The molecule has 2 heteroatoms. The number of benzene rings is 4. The fraction of sp³-hybridized carbons (Fsp3) is 0.0667. The molecular weight excluding hydrogens is 406 g/mol. The number of allylic oxidation sites excluding steroid dienone is 2. The van der Waals surface area contributed by atoms with Gasteiger partial charge < -0.3 is 4.57 Å². The summed E-state index contributed by atoms with van der Waals surface area (Å²) in [6.07, 6.45) is 8.01. The number of hydrogen-bond acceptors (Lipinski definition) is 1. The molecule has 6 aromatic rings. The zero-order valence-corrected chi connectivity index (χ0v) is 18.6. The number of aromatic nitrogens is 1. The van der Waals surface area contributed by atoms with Crippen LogP contribution in [0.15, 0.2) is 90.5 Å². The van der Waals surface area contributed by atoms with Crippen LogP contribution in [-0.2, 0) is 0 Å². The number of nitrogens with zero attached hydrogens (tertiary/aromatic N) is 1. The minimum Gasteiger partial charge on any atom is -0.309 e. The third-order valence-electron chi connectivity index (χ3n) is 6.67. The summed E-state index contributed by atoms with van der Waals surface area (Å²) in [7, 11) is 0. The smallest absolute Gasteiger partial charge is 0.0619 e. The van der Waals surface area contributed by atoms with E-state index in [1.54, 1.807) is 0 Å². The van der Waals surface area contributed by atoms with Gasteiger partial charge in [-0.05, 0) is 36.9 Å². The summed E-state index contributed by atoms with van der Waals surface area (Å²) in [6.45, 7) is 2.20. The highest BCUT2D eigenvalue weighted by atomic mass is 32.1. The van der Waals surface area contributed by atoms with Gasteiger partial charge in [0.05, 0.1) is 11.0 Å². The summed E-state index contributed by atoms with van der Waals surface area (Å²) in [4.78, 5) is 0. The van der Waals surface area contributed by atoms with Crippen LogP contribution in [-0.4, -0.2) is 4.57 Å². The molecule has 152 valence electrons. The van der Waals surface area contributed by atoms with Crippen molar-refractivity contribution < 1.29 is 0 Å². The standard InChI is InChI=1S/C30H21NS/c1-19-7-6-12-28-26(17-19)24-16-14-21(18-29(24)32-28)31-27-11-5-4-10-23(27)25-15-13-20-8-2-3-9-22(20)30(25)31/h2-5,7-18H,6H2,1H3. The van der Waals surface area contributed by atoms with Crippen molar-refractivity contribution in [2.75, 3.05) is 0 Å². The van der Waals surface area contributed by atoms with E-state index in [4.69, 9.17) is 0 Å². The monoisotopic (exact) mass is 427 g/mol. The van der Waals surface area contributed by atoms with Crippen molar-refractivity contribution in [1.82, 2.24) is 4.57 Å². The molecule has 0 radical (unpaired) electrons. The van der Waals surface area contributed by atoms with E-state index in [1.165, 1.54) is 63.7 Å². The SMILES string of the molecule is CC1=CCC=c2sc3cc(-n4c5ccccc5c5ccc6ccccc6c54)ccc3c2=C1. The van der Waals surface area contributed by atoms with Crippen LogP contribution in [0.25, 0.3) is 60.5 Å². The van der Waals surface area contributed by atoms with Gasteiger partial charge in [0.1, 0.15) is 0 Å². The van der Waals surface area contributed by atoms with Gasteiger partial charge in [-0.25, -0.2) is 0 Å². The summed E-state index contributed by atoms with van der Waals surface area (Å²) in [6, 6.07) is 29.0. The van der Waals surface area contributed by atoms with E-state index in [9.17, 15) is 0 Å². The fourth-order valence-electron chi connectivity index (χ4n) is 5.20. The second kappa shape index (κ2) is 6.69. The van der Waals surface area contributed by atoms with E-state index in [1.807, 2.05) is 11.3 Å². The van der Waals surface area contributed by atoms with E-state index in [0.717, 1.165) is 6.42 Å². The van der Waals surface area contributed by atoms with Crippen LogP contribution in [0, 0.1) is 0 Å². The first-order valence-electron chi connectivity index (χ1n) is 11.1. The van der Waals surface area contributed by atoms with Crippen molar-refractivity contribution in [3.05, 3.63) is 100 Å². The van der Waals surface area contributed by atoms with Gasteiger partial charge in [-0.2, -0.15) is 0 Å². The predicted molar refractivity (Wildman–Crippen MR) is 140 cm³/mol. The first-order valence-corrected chi connectivity index (χ1v) is 11.9. The summed E-state index contributed by atoms with van der Waals surface area (Å²) < 4.78 is 5.19. The lowest BCUT2D eigenvalue weighted by Crippen LogP contribution is -2.17. The topological polar surface area (TPSA) is 4.93 Å². The van der Waals surface area contributed by atoms with Gasteiger partial charge in [-0.15, -0.1) is 11.3 Å². The molecule has 2 heterocycles. The van der Waals surface area contributed by atoms with Gasteiger partial charge in [-0.3, -0.25) is 0 Å². The number of rotatable bonds is 1. The highest BCUT2D eigenvalue weighted by Gasteiger charge is 2.15. The van der Waals surface area contributed by atoms with Gasteiger partial charge in [0.2, 0.25) is 0 Å². The largest absolute Gasteiger partial charge is 0.309 e. The summed E-state index contributed by atoms with van der Waals surface area (Å²) >= 11 is 1.91. The van der Waals surface area contributed by atoms with Crippen LogP contribution in [0.4, 0.5) is 0 Å². The molecule has 1 nitrogen and oxygen atoms in total. The lowest BCUT2D eigenvalue weighted by molar-refractivity contribution is 1.19. The maximum absolute atomic E-state index is 2.45. The summed E-state index contributed by atoms with van der Waals surface area (Å²) in [5.41, 5.74) is 5.12. The Hall–Kier alpha value is -3.62. The van der Waals surface area contributed by atoms with Crippen LogP contribution >= 0.6 is 11.3 Å². The number of fused-ring (bicyclic) bond motifs is 8. The fourth-order valence-corrected chi connectivity index (χ4v) is 6.36. The second-order valence-electron chi connectivity index (χ2n) is 8.63. The molecule has 0 spiro atoms. The van der Waals surface area contributed by atoms with E-state index in [2.05, 4.69) is 109 Å². The molecule has 0 amide bonds. The molecule has 0 bridgehead atoms. The van der Waals surface area contributed by atoms with Crippen LogP contribution in [0.1, 0.15) is 13.3 Å². The molecule has 4 aromatic carbocycles. The first-order chi connectivity index (χ1) is 15.8. The molecule has 32 heavy (non-hydrogen) atoms. The average Bonchev–Trinajstić information content (AvgIpc) is 3.27. The predicted octanol–water partition coefficient (Wildman–Crippen LogP) is 7.06. The highest BCUT2D eigenvalue weighted by Crippen LogP contribution is 2.37. The van der Waals surface area contributed by atoms with Gasteiger partial charge >= 0.3 is 0 Å². The highest BCUT2D eigenvalue weighted by molar-refractivity contribution is 7.17. The zero-order valence-electron chi connectivity index (χ0n) is 17.8. The molecule has 0 N–H and O–H groups in total. The van der Waals surface area contributed by atoms with Crippen LogP contribution in [0.3, 0.4) is 0 Å². The Morgan fingerprint density at radius 2 is 1.56 bits per heavy atom. The maximum Gasteiger partial charge on any atom is 0.0619 e. The third-order valence-corrected chi connectivity index (χ3v) is 7.84. The van der Waals surface area contributed by atoms with Crippen molar-refractivity contribution in [2.45, 2.75) is 13.3 Å². The van der Waals surface area contributed by atoms with Gasteiger partial charge in [0.25, 0.3) is 0 Å². The quantitative estimate of drug-likeness (QED) is 0.265. The lowest BCUT2D eigenvalue weighted by atomic mass is 10.1. The number of hydrogen-bond donors (Lipinski definition) is 0. The van der Waals surface area contributed by atoms with E-state index < -0.39 is 0 Å². The number of thiophene rings is 1. The summed E-state index contributed by atoms with van der Waals surface area (Å²) in [5, 5.41) is 7.91. The molecular formula is C30H21NS. The van der Waals surface area contributed by atoms with E-state index >= 15 is 0 Å². The second-order valence-corrected chi connectivity index (χ2v) is 9.71. The molecule has 0 unspecified atom stereocenters.